The first kappa shape index (κ1) is 15.5. The number of benzene rings is 2. The van der Waals surface area contributed by atoms with Gasteiger partial charge < -0.3 is 0 Å². The second kappa shape index (κ2) is 6.78. The molecule has 1 amide bonds. The number of amides is 1. The number of hydrazone groups is 1. The molecule has 24 heavy (non-hydrogen) atoms. The van der Waals surface area contributed by atoms with Gasteiger partial charge in [-0.2, -0.15) is 5.10 Å². The molecular formula is C16H13FN6O. The number of carbonyl (C=O) groups excluding carboxylic acids is 1. The van der Waals surface area contributed by atoms with Crippen LogP contribution < -0.4 is 5.43 Å². The number of nitrogens with one attached hydrogen (secondary N) is 1. The Labute approximate surface area is 136 Å². The van der Waals surface area contributed by atoms with E-state index >= 15 is 0 Å². The molecular weight excluding hydrogens is 311 g/mol. The third-order valence-corrected chi connectivity index (χ3v) is 3.31. The van der Waals surface area contributed by atoms with Crippen molar-refractivity contribution < 1.29 is 9.18 Å². The predicted molar refractivity (Wildman–Crippen MR) is 85.2 cm³/mol. The molecule has 3 aromatic rings. The summed E-state index contributed by atoms with van der Waals surface area (Å²) in [5.74, 6) is -0.809. The van der Waals surface area contributed by atoms with Crippen molar-refractivity contribution in [3.05, 3.63) is 71.8 Å². The van der Waals surface area contributed by atoms with Crippen LogP contribution in [0.1, 0.15) is 22.8 Å². The van der Waals surface area contributed by atoms with Gasteiger partial charge in [0, 0.05) is 5.56 Å². The molecule has 0 aliphatic heterocycles. The van der Waals surface area contributed by atoms with Crippen LogP contribution in [-0.2, 0) is 0 Å². The highest BCUT2D eigenvalue weighted by molar-refractivity contribution is 6.01. The molecule has 2 aromatic carbocycles. The summed E-state index contributed by atoms with van der Waals surface area (Å²) < 4.78 is 14.4. The lowest BCUT2D eigenvalue weighted by Gasteiger charge is -2.05. The normalized spacial score (nSPS) is 11.3. The topological polar surface area (TPSA) is 85.1 Å². The van der Waals surface area contributed by atoms with E-state index in [1.165, 1.54) is 35.3 Å². The van der Waals surface area contributed by atoms with Gasteiger partial charge in [-0.05, 0) is 59.3 Å². The SMILES string of the molecule is C/C(=N\NC(=O)c1ccc(F)cc1)c1cccc(-n2cnnn2)c1. The molecule has 0 aliphatic carbocycles. The molecule has 0 aliphatic rings. The van der Waals surface area contributed by atoms with Crippen LogP contribution in [0, 0.1) is 5.82 Å². The Morgan fingerprint density at radius 1 is 1.17 bits per heavy atom. The molecule has 1 N–H and O–H groups in total. The lowest BCUT2D eigenvalue weighted by Crippen LogP contribution is -2.19. The lowest BCUT2D eigenvalue weighted by molar-refractivity contribution is 0.0955. The summed E-state index contributed by atoms with van der Waals surface area (Å²) in [7, 11) is 0. The number of carbonyl (C=O) groups is 1. The molecule has 120 valence electrons. The smallest absolute Gasteiger partial charge is 0.267 e. The fourth-order valence-electron chi connectivity index (χ4n) is 2.02. The molecule has 8 heteroatoms. The van der Waals surface area contributed by atoms with Crippen LogP contribution >= 0.6 is 0 Å². The predicted octanol–water partition coefficient (Wildman–Crippen LogP) is 1.96. The lowest BCUT2D eigenvalue weighted by atomic mass is 10.1. The first-order valence-electron chi connectivity index (χ1n) is 7.07. The van der Waals surface area contributed by atoms with Crippen LogP contribution in [0.4, 0.5) is 4.39 Å². The van der Waals surface area contributed by atoms with Gasteiger partial charge in [0.25, 0.3) is 5.91 Å². The van der Waals surface area contributed by atoms with Crippen molar-refractivity contribution in [2.75, 3.05) is 0 Å². The van der Waals surface area contributed by atoms with Crippen LogP contribution in [-0.4, -0.2) is 31.8 Å². The molecule has 0 saturated carbocycles. The van der Waals surface area contributed by atoms with E-state index in [2.05, 4.69) is 26.1 Å². The largest absolute Gasteiger partial charge is 0.271 e. The Bertz CT molecular complexity index is 874. The molecule has 0 fully saturated rings. The summed E-state index contributed by atoms with van der Waals surface area (Å²) in [6, 6.07) is 12.6. The van der Waals surface area contributed by atoms with E-state index in [9.17, 15) is 9.18 Å². The number of nitrogens with zero attached hydrogens (tertiary/aromatic N) is 5. The van der Waals surface area contributed by atoms with E-state index in [1.807, 2.05) is 24.3 Å². The minimum absolute atomic E-state index is 0.329. The molecule has 0 bridgehead atoms. The van der Waals surface area contributed by atoms with E-state index in [-0.39, 0.29) is 0 Å². The Hall–Kier alpha value is -3.42. The number of rotatable bonds is 4. The Kier molecular flexibility index (Phi) is 4.37. The number of hydrogen-bond acceptors (Lipinski definition) is 5. The zero-order valence-electron chi connectivity index (χ0n) is 12.7. The van der Waals surface area contributed by atoms with Crippen molar-refractivity contribution in [3.63, 3.8) is 0 Å². The molecule has 0 spiro atoms. The molecule has 0 radical (unpaired) electrons. The van der Waals surface area contributed by atoms with Crippen LogP contribution in [0.15, 0.2) is 60.0 Å². The molecule has 0 atom stereocenters. The van der Waals surface area contributed by atoms with Crippen molar-refractivity contribution in [2.24, 2.45) is 5.10 Å². The van der Waals surface area contributed by atoms with Gasteiger partial charge in [-0.15, -0.1) is 5.10 Å². The highest BCUT2D eigenvalue weighted by Crippen LogP contribution is 2.10. The van der Waals surface area contributed by atoms with Crippen LogP contribution in [0.2, 0.25) is 0 Å². The average molecular weight is 324 g/mol. The standard InChI is InChI=1S/C16H13FN6O/c1-11(19-20-16(24)12-5-7-14(17)8-6-12)13-3-2-4-15(9-13)23-10-18-21-22-23/h2-10H,1H3,(H,20,24)/b19-11+. The van der Waals surface area contributed by atoms with Gasteiger partial charge in [-0.3, -0.25) is 4.79 Å². The number of tetrazole rings is 1. The van der Waals surface area contributed by atoms with E-state index in [0.29, 0.717) is 11.3 Å². The van der Waals surface area contributed by atoms with Crippen molar-refractivity contribution >= 4 is 11.6 Å². The molecule has 1 heterocycles. The monoisotopic (exact) mass is 324 g/mol. The number of hydrogen-bond donors (Lipinski definition) is 1. The van der Waals surface area contributed by atoms with Crippen molar-refractivity contribution in [2.45, 2.75) is 6.92 Å². The van der Waals surface area contributed by atoms with Gasteiger partial charge in [0.2, 0.25) is 0 Å². The molecule has 3 rings (SSSR count). The van der Waals surface area contributed by atoms with Gasteiger partial charge in [0.05, 0.1) is 11.4 Å². The van der Waals surface area contributed by atoms with Gasteiger partial charge in [0.1, 0.15) is 12.1 Å². The molecule has 0 saturated heterocycles. The maximum absolute atomic E-state index is 12.9. The molecule has 7 nitrogen and oxygen atoms in total. The molecule has 1 aromatic heterocycles. The Morgan fingerprint density at radius 2 is 1.96 bits per heavy atom. The van der Waals surface area contributed by atoms with E-state index in [4.69, 9.17) is 0 Å². The number of halogens is 1. The minimum atomic E-state index is -0.411. The van der Waals surface area contributed by atoms with Crippen molar-refractivity contribution in [1.82, 2.24) is 25.6 Å². The summed E-state index contributed by atoms with van der Waals surface area (Å²) in [6.07, 6.45) is 1.49. The molecule has 0 unspecified atom stereocenters. The van der Waals surface area contributed by atoms with Gasteiger partial charge in [0.15, 0.2) is 0 Å². The zero-order chi connectivity index (χ0) is 16.9. The van der Waals surface area contributed by atoms with E-state index in [0.717, 1.165) is 11.3 Å². The van der Waals surface area contributed by atoms with Crippen molar-refractivity contribution in [1.29, 1.82) is 0 Å². The fourth-order valence-corrected chi connectivity index (χ4v) is 2.02. The van der Waals surface area contributed by atoms with Crippen molar-refractivity contribution in [3.8, 4) is 5.69 Å². The third-order valence-electron chi connectivity index (χ3n) is 3.31. The zero-order valence-corrected chi connectivity index (χ0v) is 12.7. The van der Waals surface area contributed by atoms with E-state index in [1.54, 1.807) is 6.92 Å². The maximum atomic E-state index is 12.9. The highest BCUT2D eigenvalue weighted by Gasteiger charge is 2.06. The fraction of sp³-hybridized carbons (Fsp3) is 0.0625. The van der Waals surface area contributed by atoms with Gasteiger partial charge in [-0.1, -0.05) is 12.1 Å². The van der Waals surface area contributed by atoms with Crippen LogP contribution in [0.3, 0.4) is 0 Å². The average Bonchev–Trinajstić information content (AvgIpc) is 3.15. The summed E-state index contributed by atoms with van der Waals surface area (Å²) in [5.41, 5.74) is 4.97. The summed E-state index contributed by atoms with van der Waals surface area (Å²) in [5, 5.41) is 15.1. The summed E-state index contributed by atoms with van der Waals surface area (Å²) in [6.45, 7) is 1.77. The van der Waals surface area contributed by atoms with Crippen LogP contribution in [0.25, 0.3) is 5.69 Å². The van der Waals surface area contributed by atoms with E-state index < -0.39 is 11.7 Å². The van der Waals surface area contributed by atoms with Crippen LogP contribution in [0.5, 0.6) is 0 Å². The minimum Gasteiger partial charge on any atom is -0.267 e. The summed E-state index contributed by atoms with van der Waals surface area (Å²) in [4.78, 5) is 12.0. The van der Waals surface area contributed by atoms with Gasteiger partial charge in [-0.25, -0.2) is 14.5 Å². The second-order valence-electron chi connectivity index (χ2n) is 4.95. The third kappa shape index (κ3) is 3.49. The number of aromatic nitrogens is 4. The Balaban J connectivity index is 1.75. The first-order valence-corrected chi connectivity index (χ1v) is 7.07. The quantitative estimate of drug-likeness (QED) is 0.587. The first-order chi connectivity index (χ1) is 11.6. The Morgan fingerprint density at radius 3 is 2.67 bits per heavy atom. The summed E-state index contributed by atoms with van der Waals surface area (Å²) >= 11 is 0. The second-order valence-corrected chi connectivity index (χ2v) is 4.95. The van der Waals surface area contributed by atoms with Gasteiger partial charge >= 0.3 is 0 Å². The maximum Gasteiger partial charge on any atom is 0.271 e. The highest BCUT2D eigenvalue weighted by atomic mass is 19.1.